The molecule has 6 heteroatoms. The van der Waals surface area contributed by atoms with E-state index in [1.807, 2.05) is 0 Å². The van der Waals surface area contributed by atoms with Crippen molar-refractivity contribution < 1.29 is 9.59 Å². The van der Waals surface area contributed by atoms with Gasteiger partial charge in [-0.25, -0.2) is 0 Å². The van der Waals surface area contributed by atoms with E-state index in [2.05, 4.69) is 20.8 Å². The van der Waals surface area contributed by atoms with Gasteiger partial charge in [-0.15, -0.1) is 0 Å². The molecule has 3 N–H and O–H groups in total. The van der Waals surface area contributed by atoms with Gasteiger partial charge in [-0.05, 0) is 44.9 Å². The van der Waals surface area contributed by atoms with Crippen molar-refractivity contribution in [2.24, 2.45) is 0 Å². The van der Waals surface area contributed by atoms with Crippen LogP contribution in [0.5, 0.6) is 0 Å². The van der Waals surface area contributed by atoms with E-state index >= 15 is 0 Å². The van der Waals surface area contributed by atoms with Crippen molar-refractivity contribution in [1.82, 2.24) is 20.8 Å². The van der Waals surface area contributed by atoms with Gasteiger partial charge in [-0.3, -0.25) is 14.7 Å². The van der Waals surface area contributed by atoms with Crippen molar-refractivity contribution in [1.29, 1.82) is 0 Å². The first-order valence-corrected chi connectivity index (χ1v) is 7.86. The van der Waals surface area contributed by atoms with Crippen molar-refractivity contribution in [2.45, 2.75) is 62.9 Å². The lowest BCUT2D eigenvalue weighted by atomic mass is 9.68. The number of piperidine rings is 1. The van der Waals surface area contributed by atoms with Gasteiger partial charge in [0.2, 0.25) is 5.91 Å². The number of hydrogen-bond donors (Lipinski definition) is 3. The van der Waals surface area contributed by atoms with E-state index in [1.54, 1.807) is 0 Å². The van der Waals surface area contributed by atoms with Gasteiger partial charge in [-0.1, -0.05) is 0 Å². The van der Waals surface area contributed by atoms with Gasteiger partial charge in [0, 0.05) is 17.7 Å². The summed E-state index contributed by atoms with van der Waals surface area (Å²) in [4.78, 5) is 24.2. The molecule has 112 valence electrons. The number of carbonyl (C=O) groups excluding carboxylic acids is 2. The van der Waals surface area contributed by atoms with Gasteiger partial charge < -0.3 is 10.6 Å². The molecule has 1 atom stereocenters. The molecule has 1 unspecified atom stereocenters. The largest absolute Gasteiger partial charge is 0.349 e. The number of aromatic nitrogens is 2. The summed E-state index contributed by atoms with van der Waals surface area (Å²) in [5, 5.41) is 13.4. The predicted molar refractivity (Wildman–Crippen MR) is 75.8 cm³/mol. The number of carbonyl (C=O) groups is 2. The zero-order valence-electron chi connectivity index (χ0n) is 12.0. The van der Waals surface area contributed by atoms with Gasteiger partial charge in [0.25, 0.3) is 5.91 Å². The minimum absolute atomic E-state index is 0.0326. The van der Waals surface area contributed by atoms with Crippen LogP contribution in [-0.4, -0.2) is 33.6 Å². The van der Waals surface area contributed by atoms with Crippen LogP contribution >= 0.6 is 0 Å². The Bertz CT molecular complexity index is 603. The molecule has 3 aliphatic rings. The van der Waals surface area contributed by atoms with Crippen LogP contribution in [0.25, 0.3) is 0 Å². The average molecular weight is 288 g/mol. The van der Waals surface area contributed by atoms with E-state index < -0.39 is 0 Å². The molecule has 2 aliphatic carbocycles. The van der Waals surface area contributed by atoms with Crippen LogP contribution in [0.15, 0.2) is 0 Å². The number of rotatable bonds is 2. The smallest absolute Gasteiger partial charge is 0.272 e. The monoisotopic (exact) mass is 288 g/mol. The van der Waals surface area contributed by atoms with E-state index in [9.17, 15) is 9.59 Å². The maximum Gasteiger partial charge on any atom is 0.272 e. The number of H-pyrrole nitrogens is 1. The number of fused-ring (bicyclic) bond motifs is 1. The van der Waals surface area contributed by atoms with E-state index in [1.165, 1.54) is 0 Å². The molecule has 6 nitrogen and oxygen atoms in total. The standard InChI is InChI=1S/C15H20N4O2/c20-12-6-5-11(15(17-12)7-2-8-15)16-14(21)13-9-3-1-4-10(9)18-19-13/h11H,1-8H2,(H,16,21)(H,17,20)(H,18,19). The van der Waals surface area contributed by atoms with Crippen molar-refractivity contribution in [3.63, 3.8) is 0 Å². The Labute approximate surface area is 123 Å². The molecule has 2 fully saturated rings. The lowest BCUT2D eigenvalue weighted by molar-refractivity contribution is -0.127. The number of aryl methyl sites for hydroxylation is 1. The first-order chi connectivity index (χ1) is 10.2. The topological polar surface area (TPSA) is 86.9 Å². The van der Waals surface area contributed by atoms with Crippen molar-refractivity contribution in [3.05, 3.63) is 17.0 Å². The second kappa shape index (κ2) is 4.58. The van der Waals surface area contributed by atoms with Crippen LogP contribution in [0.2, 0.25) is 0 Å². The van der Waals surface area contributed by atoms with Gasteiger partial charge in [-0.2, -0.15) is 5.10 Å². The molecule has 1 saturated heterocycles. The minimum atomic E-state index is -0.204. The lowest BCUT2D eigenvalue weighted by Gasteiger charge is -2.50. The summed E-state index contributed by atoms with van der Waals surface area (Å²) < 4.78 is 0. The summed E-state index contributed by atoms with van der Waals surface area (Å²) in [7, 11) is 0. The van der Waals surface area contributed by atoms with Gasteiger partial charge in [0.05, 0.1) is 11.6 Å². The molecule has 2 heterocycles. The summed E-state index contributed by atoms with van der Waals surface area (Å²) >= 11 is 0. The fraction of sp³-hybridized carbons (Fsp3) is 0.667. The molecular formula is C15H20N4O2. The molecule has 0 bridgehead atoms. The molecular weight excluding hydrogens is 268 g/mol. The Balaban J connectivity index is 1.52. The molecule has 4 rings (SSSR count). The lowest BCUT2D eigenvalue weighted by Crippen LogP contribution is -2.68. The zero-order valence-corrected chi connectivity index (χ0v) is 12.0. The fourth-order valence-corrected chi connectivity index (χ4v) is 3.95. The number of nitrogens with zero attached hydrogens (tertiary/aromatic N) is 1. The first kappa shape index (κ1) is 12.9. The third-order valence-corrected chi connectivity index (χ3v) is 5.29. The SMILES string of the molecule is O=C1CCC(NC(=O)c2n[nH]c3c2CCC3)C2(CCC2)N1. The minimum Gasteiger partial charge on any atom is -0.349 e. The fourth-order valence-electron chi connectivity index (χ4n) is 3.95. The highest BCUT2D eigenvalue weighted by Gasteiger charge is 2.48. The normalized spacial score (nSPS) is 26.1. The molecule has 1 saturated carbocycles. The zero-order chi connectivity index (χ0) is 14.4. The Hall–Kier alpha value is -1.85. The van der Waals surface area contributed by atoms with E-state index in [0.29, 0.717) is 12.1 Å². The molecule has 1 aromatic heterocycles. The molecule has 2 amide bonds. The van der Waals surface area contributed by atoms with E-state index in [4.69, 9.17) is 0 Å². The molecule has 1 aromatic rings. The summed E-state index contributed by atoms with van der Waals surface area (Å²) in [6, 6.07) is 0.0326. The number of aromatic amines is 1. The number of nitrogens with one attached hydrogen (secondary N) is 3. The highest BCUT2D eigenvalue weighted by Crippen LogP contribution is 2.39. The summed E-state index contributed by atoms with van der Waals surface area (Å²) in [5.41, 5.74) is 2.53. The Kier molecular flexibility index (Phi) is 2.80. The predicted octanol–water partition coefficient (Wildman–Crippen LogP) is 0.829. The molecule has 1 spiro atoms. The third-order valence-electron chi connectivity index (χ3n) is 5.29. The van der Waals surface area contributed by atoms with Crippen molar-refractivity contribution in [3.8, 4) is 0 Å². The van der Waals surface area contributed by atoms with Crippen molar-refractivity contribution >= 4 is 11.8 Å². The molecule has 0 aromatic carbocycles. The summed E-state index contributed by atoms with van der Waals surface area (Å²) in [6.07, 6.45) is 7.26. The number of amides is 2. The van der Waals surface area contributed by atoms with Crippen molar-refractivity contribution in [2.75, 3.05) is 0 Å². The van der Waals surface area contributed by atoms with Crippen LogP contribution in [0, 0.1) is 0 Å². The first-order valence-electron chi connectivity index (χ1n) is 7.86. The maximum absolute atomic E-state index is 12.5. The highest BCUT2D eigenvalue weighted by molar-refractivity contribution is 5.94. The maximum atomic E-state index is 12.5. The van der Waals surface area contributed by atoms with E-state index in [-0.39, 0.29) is 23.4 Å². The molecule has 0 radical (unpaired) electrons. The quantitative estimate of drug-likeness (QED) is 0.753. The van der Waals surface area contributed by atoms with Gasteiger partial charge in [0.1, 0.15) is 0 Å². The number of hydrogen-bond acceptors (Lipinski definition) is 3. The van der Waals surface area contributed by atoms with Gasteiger partial charge in [0.15, 0.2) is 5.69 Å². The Morgan fingerprint density at radius 1 is 1.24 bits per heavy atom. The third kappa shape index (κ3) is 1.96. The van der Waals surface area contributed by atoms with Crippen LogP contribution < -0.4 is 10.6 Å². The van der Waals surface area contributed by atoms with Crippen LogP contribution in [0.3, 0.4) is 0 Å². The highest BCUT2D eigenvalue weighted by atomic mass is 16.2. The average Bonchev–Trinajstić information content (AvgIpc) is 3.01. The summed E-state index contributed by atoms with van der Waals surface area (Å²) in [5.74, 6) is 0.0164. The van der Waals surface area contributed by atoms with Crippen LogP contribution in [0.1, 0.15) is 60.3 Å². The molecule has 1 aliphatic heterocycles. The van der Waals surface area contributed by atoms with Gasteiger partial charge >= 0.3 is 0 Å². The Morgan fingerprint density at radius 3 is 2.86 bits per heavy atom. The van der Waals surface area contributed by atoms with E-state index in [0.717, 1.165) is 56.2 Å². The Morgan fingerprint density at radius 2 is 2.10 bits per heavy atom. The molecule has 21 heavy (non-hydrogen) atoms. The van der Waals surface area contributed by atoms with Crippen LogP contribution in [0.4, 0.5) is 0 Å². The van der Waals surface area contributed by atoms with Crippen LogP contribution in [-0.2, 0) is 17.6 Å². The second-order valence-corrected chi connectivity index (χ2v) is 6.51. The second-order valence-electron chi connectivity index (χ2n) is 6.51. The summed E-state index contributed by atoms with van der Waals surface area (Å²) in [6.45, 7) is 0.